The molecule has 0 radical (unpaired) electrons. The van der Waals surface area contributed by atoms with Gasteiger partial charge in [-0.3, -0.25) is 0 Å². The van der Waals surface area contributed by atoms with E-state index < -0.39 is 0 Å². The average molecular weight is 243 g/mol. The monoisotopic (exact) mass is 243 g/mol. The Morgan fingerprint density at radius 2 is 1.89 bits per heavy atom. The summed E-state index contributed by atoms with van der Waals surface area (Å²) in [6.45, 7) is 10.8. The van der Waals surface area contributed by atoms with Crippen molar-refractivity contribution >= 4 is 5.69 Å². The second-order valence-corrected chi connectivity index (χ2v) is 5.30. The van der Waals surface area contributed by atoms with Crippen LogP contribution in [0.1, 0.15) is 52.2 Å². The molecule has 1 rings (SSSR count). The van der Waals surface area contributed by atoms with Crippen LogP contribution in [0.15, 0.2) is 18.2 Å². The van der Waals surface area contributed by atoms with Gasteiger partial charge in [0, 0.05) is 23.2 Å². The Kier molecular flexibility index (Phi) is 5.78. The zero-order valence-corrected chi connectivity index (χ0v) is 12.3. The molecule has 0 spiro atoms. The molecule has 1 aromatic carbocycles. The standard InChI is InChI=1S/C17H25N/c1-6-8-16-15(12-11-13(2)3)9-7-10-17(16)18-14(4)5/h7,9-10,13-14,18H,6,8H2,1-5H3. The van der Waals surface area contributed by atoms with E-state index in [-0.39, 0.29) is 0 Å². The van der Waals surface area contributed by atoms with Gasteiger partial charge in [0.15, 0.2) is 0 Å². The molecule has 0 aliphatic rings. The summed E-state index contributed by atoms with van der Waals surface area (Å²) < 4.78 is 0. The summed E-state index contributed by atoms with van der Waals surface area (Å²) in [6.07, 6.45) is 2.23. The Hall–Kier alpha value is -1.42. The molecule has 1 heteroatoms. The van der Waals surface area contributed by atoms with Crippen LogP contribution in [0.2, 0.25) is 0 Å². The van der Waals surface area contributed by atoms with E-state index in [1.54, 1.807) is 0 Å². The van der Waals surface area contributed by atoms with Crippen LogP contribution in [-0.2, 0) is 6.42 Å². The van der Waals surface area contributed by atoms with Gasteiger partial charge in [0.1, 0.15) is 0 Å². The number of anilines is 1. The zero-order valence-electron chi connectivity index (χ0n) is 12.3. The normalized spacial score (nSPS) is 10.4. The van der Waals surface area contributed by atoms with E-state index in [4.69, 9.17) is 0 Å². The van der Waals surface area contributed by atoms with Gasteiger partial charge in [-0.25, -0.2) is 0 Å². The number of hydrogen-bond acceptors (Lipinski definition) is 1. The Balaban J connectivity index is 3.13. The SMILES string of the molecule is CCCc1c(C#CC(C)C)cccc1NC(C)C. The van der Waals surface area contributed by atoms with Gasteiger partial charge in [0.2, 0.25) is 0 Å². The molecule has 0 unspecified atom stereocenters. The third-order valence-electron chi connectivity index (χ3n) is 2.62. The van der Waals surface area contributed by atoms with E-state index in [1.807, 2.05) is 0 Å². The minimum Gasteiger partial charge on any atom is -0.383 e. The molecule has 0 saturated heterocycles. The molecule has 0 amide bonds. The van der Waals surface area contributed by atoms with Gasteiger partial charge in [-0.1, -0.05) is 45.1 Å². The van der Waals surface area contributed by atoms with Crippen LogP contribution >= 0.6 is 0 Å². The number of rotatable bonds is 4. The van der Waals surface area contributed by atoms with Gasteiger partial charge in [-0.2, -0.15) is 0 Å². The zero-order chi connectivity index (χ0) is 13.5. The Morgan fingerprint density at radius 3 is 2.44 bits per heavy atom. The van der Waals surface area contributed by atoms with Gasteiger partial charge in [0.25, 0.3) is 0 Å². The van der Waals surface area contributed by atoms with Crippen LogP contribution in [-0.4, -0.2) is 6.04 Å². The fourth-order valence-electron chi connectivity index (χ4n) is 1.89. The highest BCUT2D eigenvalue weighted by Crippen LogP contribution is 2.22. The molecule has 0 aliphatic heterocycles. The smallest absolute Gasteiger partial charge is 0.0387 e. The Labute approximate surface area is 112 Å². The largest absolute Gasteiger partial charge is 0.383 e. The molecule has 18 heavy (non-hydrogen) atoms. The Morgan fingerprint density at radius 1 is 1.17 bits per heavy atom. The highest BCUT2D eigenvalue weighted by atomic mass is 14.9. The minimum absolute atomic E-state index is 0.418. The first kappa shape index (κ1) is 14.6. The van der Waals surface area contributed by atoms with E-state index in [0.717, 1.165) is 12.8 Å². The van der Waals surface area contributed by atoms with Crippen LogP contribution in [0.3, 0.4) is 0 Å². The minimum atomic E-state index is 0.418. The average Bonchev–Trinajstić information content (AvgIpc) is 2.29. The molecule has 1 N–H and O–H groups in total. The first-order chi connectivity index (χ1) is 8.54. The van der Waals surface area contributed by atoms with E-state index in [2.05, 4.69) is 70.0 Å². The molecule has 0 fully saturated rings. The van der Waals surface area contributed by atoms with Crippen molar-refractivity contribution in [3.63, 3.8) is 0 Å². The lowest BCUT2D eigenvalue weighted by Crippen LogP contribution is -2.12. The summed E-state index contributed by atoms with van der Waals surface area (Å²) in [7, 11) is 0. The van der Waals surface area contributed by atoms with E-state index >= 15 is 0 Å². The molecule has 0 atom stereocenters. The molecular weight excluding hydrogens is 218 g/mol. The quantitative estimate of drug-likeness (QED) is 0.769. The summed E-state index contributed by atoms with van der Waals surface area (Å²) >= 11 is 0. The summed E-state index contributed by atoms with van der Waals surface area (Å²) in [6, 6.07) is 6.83. The predicted octanol–water partition coefficient (Wildman–Crippen LogP) is 4.47. The van der Waals surface area contributed by atoms with Crippen molar-refractivity contribution < 1.29 is 0 Å². The summed E-state index contributed by atoms with van der Waals surface area (Å²) in [5.74, 6) is 7.00. The molecule has 0 heterocycles. The highest BCUT2D eigenvalue weighted by molar-refractivity contribution is 5.59. The van der Waals surface area contributed by atoms with Crippen LogP contribution in [0.5, 0.6) is 0 Å². The van der Waals surface area contributed by atoms with Crippen LogP contribution in [0.4, 0.5) is 5.69 Å². The van der Waals surface area contributed by atoms with Crippen molar-refractivity contribution in [3.05, 3.63) is 29.3 Å². The maximum Gasteiger partial charge on any atom is 0.0387 e. The third-order valence-corrected chi connectivity index (χ3v) is 2.62. The molecule has 0 saturated carbocycles. The maximum atomic E-state index is 3.52. The molecule has 1 aromatic rings. The summed E-state index contributed by atoms with van der Waals surface area (Å²) in [5, 5.41) is 3.52. The Bertz CT molecular complexity index is 433. The number of hydrogen-bond donors (Lipinski definition) is 1. The first-order valence-electron chi connectivity index (χ1n) is 6.94. The topological polar surface area (TPSA) is 12.0 Å². The van der Waals surface area contributed by atoms with Crippen molar-refractivity contribution in [2.45, 2.75) is 53.5 Å². The van der Waals surface area contributed by atoms with Crippen LogP contribution < -0.4 is 5.32 Å². The van der Waals surface area contributed by atoms with Crippen molar-refractivity contribution in [2.75, 3.05) is 5.32 Å². The van der Waals surface area contributed by atoms with E-state index in [0.29, 0.717) is 12.0 Å². The molecule has 1 nitrogen and oxygen atoms in total. The molecule has 98 valence electrons. The van der Waals surface area contributed by atoms with Gasteiger partial charge in [-0.15, -0.1) is 0 Å². The molecular formula is C17H25N. The van der Waals surface area contributed by atoms with Crippen molar-refractivity contribution in [1.29, 1.82) is 0 Å². The second-order valence-electron chi connectivity index (χ2n) is 5.30. The van der Waals surface area contributed by atoms with E-state index in [9.17, 15) is 0 Å². The van der Waals surface area contributed by atoms with Crippen LogP contribution in [0, 0.1) is 17.8 Å². The van der Waals surface area contributed by atoms with Gasteiger partial charge >= 0.3 is 0 Å². The fraction of sp³-hybridized carbons (Fsp3) is 0.529. The van der Waals surface area contributed by atoms with E-state index in [1.165, 1.54) is 16.8 Å². The van der Waals surface area contributed by atoms with Gasteiger partial charge in [-0.05, 0) is 38.0 Å². The lowest BCUT2D eigenvalue weighted by molar-refractivity contribution is 0.865. The predicted molar refractivity (Wildman–Crippen MR) is 80.9 cm³/mol. The molecule has 0 bridgehead atoms. The van der Waals surface area contributed by atoms with Crippen molar-refractivity contribution in [1.82, 2.24) is 0 Å². The van der Waals surface area contributed by atoms with Crippen molar-refractivity contribution in [3.8, 4) is 11.8 Å². The van der Waals surface area contributed by atoms with Crippen LogP contribution in [0.25, 0.3) is 0 Å². The number of nitrogens with one attached hydrogen (secondary N) is 1. The second kappa shape index (κ2) is 7.11. The lowest BCUT2D eigenvalue weighted by Gasteiger charge is -2.16. The van der Waals surface area contributed by atoms with Gasteiger partial charge < -0.3 is 5.32 Å². The molecule has 0 aromatic heterocycles. The first-order valence-corrected chi connectivity index (χ1v) is 6.94. The summed E-state index contributed by atoms with van der Waals surface area (Å²) in [5.41, 5.74) is 3.78. The highest BCUT2D eigenvalue weighted by Gasteiger charge is 2.07. The van der Waals surface area contributed by atoms with Crippen molar-refractivity contribution in [2.24, 2.45) is 5.92 Å². The lowest BCUT2D eigenvalue weighted by atomic mass is 10.00. The maximum absolute atomic E-state index is 3.52. The van der Waals surface area contributed by atoms with Gasteiger partial charge in [0.05, 0.1) is 0 Å². The summed E-state index contributed by atoms with van der Waals surface area (Å²) in [4.78, 5) is 0. The number of benzene rings is 1. The molecule has 0 aliphatic carbocycles. The fourth-order valence-corrected chi connectivity index (χ4v) is 1.89. The third kappa shape index (κ3) is 4.45.